The molecule has 2 saturated carbocycles. The van der Waals surface area contributed by atoms with Crippen LogP contribution in [0.1, 0.15) is 33.1 Å². The smallest absolute Gasteiger partial charge is 0.310 e. The van der Waals surface area contributed by atoms with E-state index in [4.69, 9.17) is 9.47 Å². The van der Waals surface area contributed by atoms with Gasteiger partial charge in [0.05, 0.1) is 25.0 Å². The van der Waals surface area contributed by atoms with Gasteiger partial charge in [-0.3, -0.25) is 9.59 Å². The maximum Gasteiger partial charge on any atom is 0.310 e. The van der Waals surface area contributed by atoms with Gasteiger partial charge in [-0.05, 0) is 33.1 Å². The quantitative estimate of drug-likeness (QED) is 0.568. The Bertz CT molecular complexity index is 381. The molecule has 0 saturated heterocycles. The lowest BCUT2D eigenvalue weighted by molar-refractivity contribution is -0.160. The van der Waals surface area contributed by atoms with Crippen LogP contribution in [-0.4, -0.2) is 25.2 Å². The number of hydrogen-bond acceptors (Lipinski definition) is 4. The minimum atomic E-state index is -0.404. The van der Waals surface area contributed by atoms with Crippen molar-refractivity contribution >= 4 is 11.9 Å². The van der Waals surface area contributed by atoms with Crippen LogP contribution in [0.3, 0.4) is 0 Å². The van der Waals surface area contributed by atoms with E-state index in [2.05, 4.69) is 6.58 Å². The molecule has 0 bridgehead atoms. The summed E-state index contributed by atoms with van der Waals surface area (Å²) in [5.74, 6) is -1.35. The Kier molecular flexibility index (Phi) is 3.46. The van der Waals surface area contributed by atoms with Gasteiger partial charge >= 0.3 is 11.9 Å². The number of ether oxygens (including phenoxy) is 2. The Morgan fingerprint density at radius 1 is 1.22 bits per heavy atom. The average Bonchev–Trinajstić information content (AvgIpc) is 3.03. The van der Waals surface area contributed by atoms with Crippen LogP contribution in [-0.2, 0) is 19.1 Å². The zero-order valence-electron chi connectivity index (χ0n) is 11.0. The van der Waals surface area contributed by atoms with Gasteiger partial charge < -0.3 is 9.47 Å². The SMILES string of the molecule is C=C1C[C@H](C(=O)OCC)[C@H](C(=O)OCC)C12CC2. The second-order valence-electron chi connectivity index (χ2n) is 5.05. The molecule has 0 unspecified atom stereocenters. The molecule has 0 aromatic rings. The third-order valence-corrected chi connectivity index (χ3v) is 4.09. The van der Waals surface area contributed by atoms with E-state index in [1.54, 1.807) is 13.8 Å². The number of esters is 2. The maximum absolute atomic E-state index is 12.1. The highest BCUT2D eigenvalue weighted by Gasteiger charge is 2.63. The second kappa shape index (κ2) is 4.75. The van der Waals surface area contributed by atoms with Crippen molar-refractivity contribution in [3.05, 3.63) is 12.2 Å². The molecule has 4 nitrogen and oxygen atoms in total. The predicted molar refractivity (Wildman–Crippen MR) is 65.7 cm³/mol. The van der Waals surface area contributed by atoms with E-state index >= 15 is 0 Å². The third kappa shape index (κ3) is 1.93. The molecule has 0 aromatic heterocycles. The van der Waals surface area contributed by atoms with Crippen LogP contribution in [0.4, 0.5) is 0 Å². The van der Waals surface area contributed by atoms with E-state index in [9.17, 15) is 9.59 Å². The summed E-state index contributed by atoms with van der Waals surface area (Å²) in [6.07, 6.45) is 2.43. The number of carbonyl (C=O) groups is 2. The number of hydrogen-bond donors (Lipinski definition) is 0. The van der Waals surface area contributed by atoms with Crippen LogP contribution in [0.25, 0.3) is 0 Å². The molecule has 1 spiro atoms. The highest BCUT2D eigenvalue weighted by molar-refractivity contribution is 5.85. The van der Waals surface area contributed by atoms with Gasteiger partial charge in [0, 0.05) is 5.41 Å². The monoisotopic (exact) mass is 252 g/mol. The number of carbonyl (C=O) groups excluding carboxylic acids is 2. The van der Waals surface area contributed by atoms with Crippen molar-refractivity contribution in [1.82, 2.24) is 0 Å². The van der Waals surface area contributed by atoms with Crippen molar-refractivity contribution < 1.29 is 19.1 Å². The molecule has 0 heterocycles. The van der Waals surface area contributed by atoms with Crippen LogP contribution in [0.5, 0.6) is 0 Å². The van der Waals surface area contributed by atoms with Gasteiger partial charge in [-0.2, -0.15) is 0 Å². The summed E-state index contributed by atoms with van der Waals surface area (Å²) in [4.78, 5) is 24.0. The standard InChI is InChI=1S/C14H20O4/c1-4-17-12(15)10-8-9(3)14(6-7-14)11(10)13(16)18-5-2/h10-11H,3-8H2,1-2H3/t10-,11+/m0/s1. The van der Waals surface area contributed by atoms with Crippen LogP contribution in [0.15, 0.2) is 12.2 Å². The molecule has 0 amide bonds. The van der Waals surface area contributed by atoms with Crippen molar-refractivity contribution in [3.8, 4) is 0 Å². The number of rotatable bonds is 4. The predicted octanol–water partition coefficient (Wildman–Crippen LogP) is 2.09. The van der Waals surface area contributed by atoms with E-state index in [1.807, 2.05) is 0 Å². The molecular weight excluding hydrogens is 232 g/mol. The fourth-order valence-electron chi connectivity index (χ4n) is 3.08. The summed E-state index contributed by atoms with van der Waals surface area (Å²) in [5, 5.41) is 0. The maximum atomic E-state index is 12.1. The molecule has 0 radical (unpaired) electrons. The van der Waals surface area contributed by atoms with E-state index in [0.29, 0.717) is 19.6 Å². The first kappa shape index (κ1) is 13.1. The minimum Gasteiger partial charge on any atom is -0.466 e. The molecule has 100 valence electrons. The van der Waals surface area contributed by atoms with Crippen LogP contribution < -0.4 is 0 Å². The Morgan fingerprint density at radius 3 is 2.28 bits per heavy atom. The lowest BCUT2D eigenvalue weighted by Gasteiger charge is -2.21. The second-order valence-corrected chi connectivity index (χ2v) is 5.05. The van der Waals surface area contributed by atoms with E-state index in [-0.39, 0.29) is 23.3 Å². The van der Waals surface area contributed by atoms with Crippen LogP contribution in [0.2, 0.25) is 0 Å². The lowest BCUT2D eigenvalue weighted by Crippen LogP contribution is -2.33. The van der Waals surface area contributed by atoms with Crippen molar-refractivity contribution in [2.45, 2.75) is 33.1 Å². The lowest BCUT2D eigenvalue weighted by atomic mass is 9.86. The van der Waals surface area contributed by atoms with Gasteiger partial charge in [0.25, 0.3) is 0 Å². The van der Waals surface area contributed by atoms with E-state index < -0.39 is 5.92 Å². The first-order valence-electron chi connectivity index (χ1n) is 6.58. The Labute approximate surface area is 107 Å². The Morgan fingerprint density at radius 2 is 1.78 bits per heavy atom. The molecule has 0 N–H and O–H groups in total. The molecule has 0 aliphatic heterocycles. The number of allylic oxidation sites excluding steroid dienone is 1. The molecule has 2 aliphatic rings. The summed E-state index contributed by atoms with van der Waals surface area (Å²) < 4.78 is 10.2. The van der Waals surface area contributed by atoms with Crippen molar-refractivity contribution in [1.29, 1.82) is 0 Å². The molecule has 2 aliphatic carbocycles. The summed E-state index contributed by atoms with van der Waals surface area (Å²) >= 11 is 0. The zero-order chi connectivity index (χ0) is 13.3. The van der Waals surface area contributed by atoms with Gasteiger partial charge in [0.1, 0.15) is 0 Å². The summed E-state index contributed by atoms with van der Waals surface area (Å²) in [6, 6.07) is 0. The summed E-state index contributed by atoms with van der Waals surface area (Å²) in [7, 11) is 0. The largest absolute Gasteiger partial charge is 0.466 e. The molecule has 4 heteroatoms. The highest BCUT2D eigenvalue weighted by Crippen LogP contribution is 2.66. The average molecular weight is 252 g/mol. The first-order valence-corrected chi connectivity index (χ1v) is 6.58. The third-order valence-electron chi connectivity index (χ3n) is 4.09. The van der Waals surface area contributed by atoms with Gasteiger partial charge in [-0.15, -0.1) is 0 Å². The molecule has 0 aromatic carbocycles. The van der Waals surface area contributed by atoms with Crippen molar-refractivity contribution in [2.75, 3.05) is 13.2 Å². The van der Waals surface area contributed by atoms with Gasteiger partial charge in [-0.1, -0.05) is 12.2 Å². The molecule has 2 rings (SSSR count). The Balaban J connectivity index is 2.21. The molecule has 18 heavy (non-hydrogen) atoms. The highest BCUT2D eigenvalue weighted by atomic mass is 16.5. The fourth-order valence-corrected chi connectivity index (χ4v) is 3.08. The molecular formula is C14H20O4. The normalized spacial score (nSPS) is 28.2. The van der Waals surface area contributed by atoms with Crippen molar-refractivity contribution in [2.24, 2.45) is 17.3 Å². The van der Waals surface area contributed by atoms with Crippen molar-refractivity contribution in [3.63, 3.8) is 0 Å². The van der Waals surface area contributed by atoms with Crippen LogP contribution in [0, 0.1) is 17.3 Å². The summed E-state index contributed by atoms with van der Waals surface area (Å²) in [5.41, 5.74) is 0.836. The molecule has 2 fully saturated rings. The minimum absolute atomic E-state index is 0.177. The van der Waals surface area contributed by atoms with Crippen LogP contribution >= 0.6 is 0 Å². The summed E-state index contributed by atoms with van der Waals surface area (Å²) in [6.45, 7) is 8.27. The molecule has 2 atom stereocenters. The zero-order valence-corrected chi connectivity index (χ0v) is 11.0. The van der Waals surface area contributed by atoms with Gasteiger partial charge in [-0.25, -0.2) is 0 Å². The Hall–Kier alpha value is -1.32. The first-order chi connectivity index (χ1) is 8.56. The van der Waals surface area contributed by atoms with E-state index in [1.165, 1.54) is 0 Å². The van der Waals surface area contributed by atoms with Gasteiger partial charge in [0.15, 0.2) is 0 Å². The fraction of sp³-hybridized carbons (Fsp3) is 0.714. The topological polar surface area (TPSA) is 52.6 Å². The van der Waals surface area contributed by atoms with Gasteiger partial charge in [0.2, 0.25) is 0 Å². The van der Waals surface area contributed by atoms with E-state index in [0.717, 1.165) is 18.4 Å².